The minimum absolute atomic E-state index is 0.282. The molecule has 0 aliphatic carbocycles. The second-order valence-electron chi connectivity index (χ2n) is 8.60. The van der Waals surface area contributed by atoms with Crippen LogP contribution in [0.15, 0.2) is 36.9 Å². The first-order chi connectivity index (χ1) is 16.1. The smallest absolute Gasteiger partial charge is 0.228 e. The van der Waals surface area contributed by atoms with Crippen LogP contribution in [0.1, 0.15) is 26.8 Å². The Kier molecular flexibility index (Phi) is 5.72. The Balaban J connectivity index is 1.44. The van der Waals surface area contributed by atoms with Gasteiger partial charge in [-0.3, -0.25) is 0 Å². The molecule has 0 radical (unpaired) electrons. The van der Waals surface area contributed by atoms with Crippen LogP contribution in [0, 0.1) is 0 Å². The van der Waals surface area contributed by atoms with Crippen molar-refractivity contribution in [2.75, 3.05) is 50.1 Å². The SMILES string of the molecule is CCN1CCN(c2cnc(Nc3ncc4ccc5ncn(C(C)C)c5c4n3)cc2OC)CC1. The summed E-state index contributed by atoms with van der Waals surface area (Å²) in [7, 11) is 1.70. The number of anilines is 3. The lowest BCUT2D eigenvalue weighted by Gasteiger charge is -2.35. The van der Waals surface area contributed by atoms with E-state index >= 15 is 0 Å². The Morgan fingerprint density at radius 1 is 1.06 bits per heavy atom. The molecule has 1 aromatic carbocycles. The molecular formula is C24H30N8O. The number of nitrogens with one attached hydrogen (secondary N) is 1. The van der Waals surface area contributed by atoms with E-state index in [1.54, 1.807) is 7.11 Å². The van der Waals surface area contributed by atoms with Crippen LogP contribution in [0.4, 0.5) is 17.5 Å². The third-order valence-electron chi connectivity index (χ3n) is 6.31. The standard InChI is InChI=1S/C24H30N8O/c1-5-30-8-10-31(11-9-30)19-14-25-21(12-20(19)33-4)28-24-26-13-17-6-7-18-23(22(17)29-24)32(15-27-18)16(2)3/h6-7,12-16H,5,8-11H2,1-4H3,(H,25,26,28,29). The molecule has 1 aliphatic heterocycles. The zero-order valence-electron chi connectivity index (χ0n) is 19.6. The molecule has 4 aromatic rings. The van der Waals surface area contributed by atoms with E-state index in [2.05, 4.69) is 55.4 Å². The van der Waals surface area contributed by atoms with E-state index < -0.39 is 0 Å². The number of piperazine rings is 1. The molecule has 0 saturated carbocycles. The predicted molar refractivity (Wildman–Crippen MR) is 132 cm³/mol. The molecule has 0 amide bonds. The Labute approximate surface area is 193 Å². The molecular weight excluding hydrogens is 416 g/mol. The van der Waals surface area contributed by atoms with Crippen molar-refractivity contribution in [1.29, 1.82) is 0 Å². The molecule has 3 aromatic heterocycles. The van der Waals surface area contributed by atoms with Gasteiger partial charge in [-0.1, -0.05) is 6.92 Å². The summed E-state index contributed by atoms with van der Waals surface area (Å²) in [4.78, 5) is 23.3. The molecule has 33 heavy (non-hydrogen) atoms. The molecule has 1 aliphatic rings. The van der Waals surface area contributed by atoms with Crippen molar-refractivity contribution in [1.82, 2.24) is 29.4 Å². The first kappa shape index (κ1) is 21.4. The van der Waals surface area contributed by atoms with Gasteiger partial charge in [0.15, 0.2) is 0 Å². The first-order valence-electron chi connectivity index (χ1n) is 11.5. The van der Waals surface area contributed by atoms with Gasteiger partial charge in [-0.25, -0.2) is 19.9 Å². The maximum Gasteiger partial charge on any atom is 0.228 e. The summed E-state index contributed by atoms with van der Waals surface area (Å²) in [5.74, 6) is 1.93. The highest BCUT2D eigenvalue weighted by atomic mass is 16.5. The Hall–Kier alpha value is -3.46. The molecule has 1 fully saturated rings. The van der Waals surface area contributed by atoms with Crippen LogP contribution < -0.4 is 15.0 Å². The van der Waals surface area contributed by atoms with Gasteiger partial charge in [-0.15, -0.1) is 0 Å². The molecule has 1 saturated heterocycles. The van der Waals surface area contributed by atoms with Crippen LogP contribution in [0.2, 0.25) is 0 Å². The number of imidazole rings is 1. The van der Waals surface area contributed by atoms with E-state index in [-0.39, 0.29) is 6.04 Å². The van der Waals surface area contributed by atoms with Crippen molar-refractivity contribution >= 4 is 39.4 Å². The number of methoxy groups -OCH3 is 1. The molecule has 172 valence electrons. The van der Waals surface area contributed by atoms with Gasteiger partial charge in [0.2, 0.25) is 5.95 Å². The fraction of sp³-hybridized carbons (Fsp3) is 0.417. The lowest BCUT2D eigenvalue weighted by molar-refractivity contribution is 0.270. The van der Waals surface area contributed by atoms with Gasteiger partial charge in [-0.2, -0.15) is 0 Å². The summed E-state index contributed by atoms with van der Waals surface area (Å²) in [5, 5.41) is 4.23. The molecule has 0 atom stereocenters. The quantitative estimate of drug-likeness (QED) is 0.478. The van der Waals surface area contributed by atoms with E-state index in [0.717, 1.165) is 66.1 Å². The number of rotatable bonds is 6. The maximum atomic E-state index is 5.70. The number of ether oxygens (including phenoxy) is 1. The predicted octanol–water partition coefficient (Wildman–Crippen LogP) is 3.85. The van der Waals surface area contributed by atoms with E-state index in [1.807, 2.05) is 36.9 Å². The van der Waals surface area contributed by atoms with Gasteiger partial charge in [0.05, 0.1) is 36.4 Å². The average Bonchev–Trinajstić information content (AvgIpc) is 3.29. The number of fused-ring (bicyclic) bond motifs is 3. The minimum atomic E-state index is 0.282. The van der Waals surface area contributed by atoms with Crippen molar-refractivity contribution < 1.29 is 4.74 Å². The van der Waals surface area contributed by atoms with E-state index in [4.69, 9.17) is 9.72 Å². The number of hydrogen-bond donors (Lipinski definition) is 1. The fourth-order valence-corrected chi connectivity index (χ4v) is 4.38. The van der Waals surface area contributed by atoms with Crippen LogP contribution in [0.5, 0.6) is 5.75 Å². The van der Waals surface area contributed by atoms with Crippen LogP contribution >= 0.6 is 0 Å². The minimum Gasteiger partial charge on any atom is -0.494 e. The van der Waals surface area contributed by atoms with Crippen molar-refractivity contribution in [3.63, 3.8) is 0 Å². The molecule has 5 rings (SSSR count). The van der Waals surface area contributed by atoms with Gasteiger partial charge >= 0.3 is 0 Å². The zero-order chi connectivity index (χ0) is 22.9. The molecule has 4 heterocycles. The molecule has 9 heteroatoms. The average molecular weight is 447 g/mol. The molecule has 9 nitrogen and oxygen atoms in total. The first-order valence-corrected chi connectivity index (χ1v) is 11.5. The van der Waals surface area contributed by atoms with Gasteiger partial charge in [0.25, 0.3) is 0 Å². The number of benzene rings is 1. The van der Waals surface area contributed by atoms with Crippen LogP contribution in [0.3, 0.4) is 0 Å². The largest absolute Gasteiger partial charge is 0.494 e. The molecule has 0 spiro atoms. The van der Waals surface area contributed by atoms with Crippen molar-refractivity contribution in [3.05, 3.63) is 36.9 Å². The Morgan fingerprint density at radius 2 is 1.88 bits per heavy atom. The van der Waals surface area contributed by atoms with Crippen LogP contribution in [-0.2, 0) is 0 Å². The van der Waals surface area contributed by atoms with Crippen LogP contribution in [-0.4, -0.2) is 69.2 Å². The second kappa shape index (κ2) is 8.82. The van der Waals surface area contributed by atoms with E-state index in [1.165, 1.54) is 0 Å². The van der Waals surface area contributed by atoms with Crippen molar-refractivity contribution in [2.45, 2.75) is 26.8 Å². The zero-order valence-corrected chi connectivity index (χ0v) is 19.6. The highest BCUT2D eigenvalue weighted by Gasteiger charge is 2.20. The Morgan fingerprint density at radius 3 is 2.61 bits per heavy atom. The maximum absolute atomic E-state index is 5.70. The second-order valence-corrected chi connectivity index (χ2v) is 8.60. The number of pyridine rings is 1. The van der Waals surface area contributed by atoms with Crippen molar-refractivity contribution in [2.24, 2.45) is 0 Å². The molecule has 0 unspecified atom stereocenters. The topological polar surface area (TPSA) is 84.2 Å². The van der Waals surface area contributed by atoms with E-state index in [9.17, 15) is 0 Å². The summed E-state index contributed by atoms with van der Waals surface area (Å²) in [5.41, 5.74) is 3.82. The number of likely N-dealkylation sites (N-methyl/N-ethyl adjacent to an activating group) is 1. The molecule has 1 N–H and O–H groups in total. The van der Waals surface area contributed by atoms with Gasteiger partial charge < -0.3 is 24.4 Å². The number of hydrogen-bond acceptors (Lipinski definition) is 8. The summed E-state index contributed by atoms with van der Waals surface area (Å²) < 4.78 is 7.84. The molecule has 0 bridgehead atoms. The third-order valence-corrected chi connectivity index (χ3v) is 6.31. The highest BCUT2D eigenvalue weighted by molar-refractivity contribution is 6.02. The number of aromatic nitrogens is 5. The van der Waals surface area contributed by atoms with Gasteiger partial charge in [0, 0.05) is 49.9 Å². The summed E-state index contributed by atoms with van der Waals surface area (Å²) >= 11 is 0. The summed E-state index contributed by atoms with van der Waals surface area (Å²) in [6, 6.07) is 6.21. The van der Waals surface area contributed by atoms with E-state index in [0.29, 0.717) is 11.8 Å². The van der Waals surface area contributed by atoms with Crippen LogP contribution in [0.25, 0.3) is 21.9 Å². The number of nitrogens with zero attached hydrogens (tertiary/aromatic N) is 7. The Bertz CT molecular complexity index is 1280. The third kappa shape index (κ3) is 4.04. The summed E-state index contributed by atoms with van der Waals surface area (Å²) in [6.45, 7) is 11.6. The monoisotopic (exact) mass is 446 g/mol. The lowest BCUT2D eigenvalue weighted by atomic mass is 10.2. The van der Waals surface area contributed by atoms with Crippen molar-refractivity contribution in [3.8, 4) is 5.75 Å². The van der Waals surface area contributed by atoms with Gasteiger partial charge in [-0.05, 0) is 32.5 Å². The lowest BCUT2D eigenvalue weighted by Crippen LogP contribution is -2.46. The summed E-state index contributed by atoms with van der Waals surface area (Å²) in [6.07, 6.45) is 5.58. The normalized spacial score (nSPS) is 15.0. The highest BCUT2D eigenvalue weighted by Crippen LogP contribution is 2.31. The van der Waals surface area contributed by atoms with Gasteiger partial charge in [0.1, 0.15) is 17.1 Å². The fourth-order valence-electron chi connectivity index (χ4n) is 4.38.